The average Bonchev–Trinajstić information content (AvgIpc) is 2.67. The molecule has 1 aliphatic carbocycles. The second-order valence-corrected chi connectivity index (χ2v) is 7.87. The van der Waals surface area contributed by atoms with Crippen molar-refractivity contribution in [3.63, 3.8) is 0 Å². The standard InChI is InChI=1S/C22H23N3O2/c26-21-4-2-1-3-18(21)20-12-15-11-16(5-6-19(15)24-25-20)27-17-13-22(14-17)7-9-23-10-8-22/h1-6,11-12,17,23,26H,7-10,13-14H2. The Labute approximate surface area is 158 Å². The number of nitrogens with zero attached hydrogens (tertiary/aromatic N) is 2. The summed E-state index contributed by atoms with van der Waals surface area (Å²) in [6.07, 6.45) is 5.16. The largest absolute Gasteiger partial charge is 0.507 e. The van der Waals surface area contributed by atoms with Crippen LogP contribution in [0.2, 0.25) is 0 Å². The molecule has 27 heavy (non-hydrogen) atoms. The summed E-state index contributed by atoms with van der Waals surface area (Å²) in [7, 11) is 0. The van der Waals surface area contributed by atoms with Crippen molar-refractivity contribution in [2.45, 2.75) is 31.8 Å². The monoisotopic (exact) mass is 361 g/mol. The summed E-state index contributed by atoms with van der Waals surface area (Å²) in [5.41, 5.74) is 2.68. The van der Waals surface area contributed by atoms with Crippen LogP contribution in [0.25, 0.3) is 22.2 Å². The van der Waals surface area contributed by atoms with Gasteiger partial charge in [-0.05, 0) is 80.6 Å². The van der Waals surface area contributed by atoms with Crippen LogP contribution in [-0.4, -0.2) is 34.5 Å². The number of fused-ring (bicyclic) bond motifs is 1. The van der Waals surface area contributed by atoms with Crippen LogP contribution in [0.15, 0.2) is 48.5 Å². The van der Waals surface area contributed by atoms with E-state index in [1.54, 1.807) is 12.1 Å². The van der Waals surface area contributed by atoms with Crippen molar-refractivity contribution < 1.29 is 9.84 Å². The van der Waals surface area contributed by atoms with E-state index in [1.165, 1.54) is 12.8 Å². The zero-order valence-electron chi connectivity index (χ0n) is 15.2. The van der Waals surface area contributed by atoms with Gasteiger partial charge in [0.2, 0.25) is 0 Å². The van der Waals surface area contributed by atoms with Gasteiger partial charge in [0.05, 0.1) is 17.3 Å². The minimum Gasteiger partial charge on any atom is -0.507 e. The SMILES string of the molecule is Oc1ccccc1-c1cc2cc(OC3CC4(CCNCC4)C3)ccc2nn1. The number of ether oxygens (including phenoxy) is 1. The Bertz CT molecular complexity index is 974. The summed E-state index contributed by atoms with van der Waals surface area (Å²) in [4.78, 5) is 0. The minimum absolute atomic E-state index is 0.209. The van der Waals surface area contributed by atoms with Crippen LogP contribution in [-0.2, 0) is 0 Å². The molecule has 2 N–H and O–H groups in total. The Morgan fingerprint density at radius 3 is 2.63 bits per heavy atom. The van der Waals surface area contributed by atoms with E-state index in [2.05, 4.69) is 15.5 Å². The van der Waals surface area contributed by atoms with Gasteiger partial charge < -0.3 is 15.2 Å². The van der Waals surface area contributed by atoms with Gasteiger partial charge in [-0.25, -0.2) is 0 Å². The van der Waals surface area contributed by atoms with Gasteiger partial charge in [0.15, 0.2) is 0 Å². The van der Waals surface area contributed by atoms with E-state index in [0.717, 1.165) is 42.6 Å². The van der Waals surface area contributed by atoms with Crippen LogP contribution in [0.1, 0.15) is 25.7 Å². The molecule has 2 aliphatic rings. The highest BCUT2D eigenvalue weighted by molar-refractivity contribution is 5.84. The molecule has 2 heterocycles. The first kappa shape index (κ1) is 16.5. The van der Waals surface area contributed by atoms with Gasteiger partial charge in [-0.3, -0.25) is 0 Å². The fourth-order valence-corrected chi connectivity index (χ4v) is 4.47. The summed E-state index contributed by atoms with van der Waals surface area (Å²) in [5, 5.41) is 23.0. The van der Waals surface area contributed by atoms with Crippen molar-refractivity contribution in [2.24, 2.45) is 5.41 Å². The molecule has 1 aliphatic heterocycles. The molecule has 3 aromatic rings. The lowest BCUT2D eigenvalue weighted by atomic mass is 9.62. The molecule has 0 amide bonds. The molecular formula is C22H23N3O2. The summed E-state index contributed by atoms with van der Waals surface area (Å²) >= 11 is 0. The molecule has 0 radical (unpaired) electrons. The molecule has 1 spiro atoms. The number of rotatable bonds is 3. The molecule has 1 saturated heterocycles. The lowest BCUT2D eigenvalue weighted by Gasteiger charge is -2.49. The van der Waals surface area contributed by atoms with Gasteiger partial charge in [-0.2, -0.15) is 0 Å². The van der Waals surface area contributed by atoms with Gasteiger partial charge in [-0.1, -0.05) is 12.1 Å². The first-order chi connectivity index (χ1) is 13.2. The molecule has 5 heteroatoms. The van der Waals surface area contributed by atoms with Crippen molar-refractivity contribution >= 4 is 10.9 Å². The second-order valence-electron chi connectivity index (χ2n) is 7.87. The van der Waals surface area contributed by atoms with Crippen molar-refractivity contribution in [1.82, 2.24) is 15.5 Å². The van der Waals surface area contributed by atoms with E-state index in [9.17, 15) is 5.11 Å². The lowest BCUT2D eigenvalue weighted by Crippen LogP contribution is -2.49. The normalized spacial score (nSPS) is 19.1. The molecule has 0 atom stereocenters. The fourth-order valence-electron chi connectivity index (χ4n) is 4.47. The van der Waals surface area contributed by atoms with Crippen molar-refractivity contribution in [3.05, 3.63) is 48.5 Å². The quantitative estimate of drug-likeness (QED) is 0.740. The molecule has 5 rings (SSSR count). The number of aromatic nitrogens is 2. The molecule has 5 nitrogen and oxygen atoms in total. The number of nitrogens with one attached hydrogen (secondary N) is 1. The number of hydrogen-bond acceptors (Lipinski definition) is 5. The Balaban J connectivity index is 1.36. The predicted molar refractivity (Wildman–Crippen MR) is 105 cm³/mol. The first-order valence-electron chi connectivity index (χ1n) is 9.64. The molecule has 0 unspecified atom stereocenters. The third-order valence-corrected chi connectivity index (χ3v) is 6.03. The minimum atomic E-state index is 0.209. The number of aromatic hydroxyl groups is 1. The molecule has 138 valence electrons. The maximum absolute atomic E-state index is 10.1. The molecule has 1 saturated carbocycles. The molecule has 1 aromatic heterocycles. The lowest BCUT2D eigenvalue weighted by molar-refractivity contribution is -0.0347. The van der Waals surface area contributed by atoms with E-state index in [1.807, 2.05) is 36.4 Å². The van der Waals surface area contributed by atoms with Gasteiger partial charge in [0, 0.05) is 10.9 Å². The summed E-state index contributed by atoms with van der Waals surface area (Å²) in [5.74, 6) is 1.09. The number of para-hydroxylation sites is 1. The van der Waals surface area contributed by atoms with Gasteiger partial charge in [0.1, 0.15) is 11.5 Å². The van der Waals surface area contributed by atoms with E-state index < -0.39 is 0 Å². The Morgan fingerprint density at radius 2 is 1.81 bits per heavy atom. The number of phenolic OH excluding ortho intramolecular Hbond substituents is 1. The summed E-state index contributed by atoms with van der Waals surface area (Å²) < 4.78 is 6.24. The number of hydrogen-bond donors (Lipinski definition) is 2. The number of phenols is 1. The first-order valence-corrected chi connectivity index (χ1v) is 9.64. The van der Waals surface area contributed by atoms with Crippen LogP contribution in [0.3, 0.4) is 0 Å². The van der Waals surface area contributed by atoms with E-state index in [0.29, 0.717) is 22.8 Å². The van der Waals surface area contributed by atoms with E-state index >= 15 is 0 Å². The van der Waals surface area contributed by atoms with Crippen LogP contribution >= 0.6 is 0 Å². The number of piperidine rings is 1. The van der Waals surface area contributed by atoms with Gasteiger partial charge in [0.25, 0.3) is 0 Å². The Hall–Kier alpha value is -2.66. The maximum Gasteiger partial charge on any atom is 0.125 e. The maximum atomic E-state index is 10.1. The highest BCUT2D eigenvalue weighted by Gasteiger charge is 2.45. The molecular weight excluding hydrogens is 338 g/mol. The van der Waals surface area contributed by atoms with Gasteiger partial charge in [-0.15, -0.1) is 10.2 Å². The summed E-state index contributed by atoms with van der Waals surface area (Å²) in [6.45, 7) is 2.27. The zero-order valence-corrected chi connectivity index (χ0v) is 15.2. The van der Waals surface area contributed by atoms with Crippen LogP contribution in [0.4, 0.5) is 0 Å². The Morgan fingerprint density at radius 1 is 1.00 bits per heavy atom. The molecule has 2 aromatic carbocycles. The van der Waals surface area contributed by atoms with Crippen molar-refractivity contribution in [1.29, 1.82) is 0 Å². The summed E-state index contributed by atoms with van der Waals surface area (Å²) in [6, 6.07) is 15.1. The fraction of sp³-hybridized carbons (Fsp3) is 0.364. The van der Waals surface area contributed by atoms with Crippen LogP contribution < -0.4 is 10.1 Å². The second kappa shape index (κ2) is 6.50. The molecule has 2 fully saturated rings. The van der Waals surface area contributed by atoms with Gasteiger partial charge >= 0.3 is 0 Å². The number of benzene rings is 2. The smallest absolute Gasteiger partial charge is 0.125 e. The van der Waals surface area contributed by atoms with Crippen LogP contribution in [0.5, 0.6) is 11.5 Å². The van der Waals surface area contributed by atoms with Crippen molar-refractivity contribution in [2.75, 3.05) is 13.1 Å². The topological polar surface area (TPSA) is 67.3 Å². The van der Waals surface area contributed by atoms with E-state index in [4.69, 9.17) is 4.74 Å². The molecule has 0 bridgehead atoms. The zero-order chi connectivity index (χ0) is 18.3. The third-order valence-electron chi connectivity index (χ3n) is 6.03. The Kier molecular flexibility index (Phi) is 3.97. The predicted octanol–water partition coefficient (Wildman–Crippen LogP) is 3.91. The van der Waals surface area contributed by atoms with E-state index in [-0.39, 0.29) is 5.75 Å². The van der Waals surface area contributed by atoms with Crippen molar-refractivity contribution in [3.8, 4) is 22.8 Å². The highest BCUT2D eigenvalue weighted by atomic mass is 16.5. The third kappa shape index (κ3) is 3.12. The highest BCUT2D eigenvalue weighted by Crippen LogP contribution is 2.49. The van der Waals surface area contributed by atoms with Crippen LogP contribution in [0, 0.1) is 5.41 Å². The average molecular weight is 361 g/mol.